The number of oxazole rings is 1. The molecule has 0 saturated carbocycles. The molecule has 17 heavy (non-hydrogen) atoms. The lowest BCUT2D eigenvalue weighted by molar-refractivity contribution is 0.513. The van der Waals surface area contributed by atoms with Crippen LogP contribution in [0.3, 0.4) is 0 Å². The third-order valence-corrected chi connectivity index (χ3v) is 3.18. The number of nitrogens with zero attached hydrogens (tertiary/aromatic N) is 1. The molecule has 0 amide bonds. The first-order valence-electron chi connectivity index (χ1n) is 6.00. The largest absolute Gasteiger partial charge is 0.419 e. The van der Waals surface area contributed by atoms with Gasteiger partial charge in [0.25, 0.3) is 0 Å². The minimum atomic E-state index is -0.286. The van der Waals surface area contributed by atoms with Crippen molar-refractivity contribution in [2.75, 3.05) is 6.54 Å². The highest BCUT2D eigenvalue weighted by molar-refractivity contribution is 5.74. The highest BCUT2D eigenvalue weighted by Crippen LogP contribution is 2.23. The maximum absolute atomic E-state index is 11.6. The minimum Gasteiger partial charge on any atom is -0.408 e. The first-order valence-corrected chi connectivity index (χ1v) is 6.00. The zero-order valence-corrected chi connectivity index (χ0v) is 10.3. The van der Waals surface area contributed by atoms with E-state index in [1.807, 2.05) is 25.1 Å². The van der Waals surface area contributed by atoms with Crippen LogP contribution in [0.5, 0.6) is 0 Å². The molecule has 0 saturated heterocycles. The van der Waals surface area contributed by atoms with Crippen molar-refractivity contribution in [2.24, 2.45) is 5.73 Å². The number of aromatic nitrogens is 1. The number of hydrogen-bond donors (Lipinski definition) is 1. The van der Waals surface area contributed by atoms with Crippen LogP contribution in [0, 0.1) is 0 Å². The molecule has 4 nitrogen and oxygen atoms in total. The molecule has 0 aliphatic rings. The molecule has 0 spiro atoms. The van der Waals surface area contributed by atoms with Crippen LogP contribution in [-0.4, -0.2) is 11.1 Å². The smallest absolute Gasteiger partial charge is 0.408 e. The van der Waals surface area contributed by atoms with Gasteiger partial charge in [-0.3, -0.25) is 4.57 Å². The standard InChI is InChI=1S/C13H18N2O2/c1-3-15-11-8-10(9(2)6-7-14)4-5-12(11)17-13(15)16/h4-5,8-9H,3,6-7,14H2,1-2H3. The van der Waals surface area contributed by atoms with Crippen molar-refractivity contribution in [3.05, 3.63) is 34.3 Å². The van der Waals surface area contributed by atoms with E-state index in [2.05, 4.69) is 6.92 Å². The van der Waals surface area contributed by atoms with Gasteiger partial charge in [-0.15, -0.1) is 0 Å². The average molecular weight is 234 g/mol. The summed E-state index contributed by atoms with van der Waals surface area (Å²) < 4.78 is 6.81. The second-order valence-electron chi connectivity index (χ2n) is 4.32. The van der Waals surface area contributed by atoms with Gasteiger partial charge in [0, 0.05) is 6.54 Å². The van der Waals surface area contributed by atoms with Crippen molar-refractivity contribution < 1.29 is 4.42 Å². The summed E-state index contributed by atoms with van der Waals surface area (Å²) in [7, 11) is 0. The van der Waals surface area contributed by atoms with E-state index in [9.17, 15) is 4.79 Å². The Morgan fingerprint density at radius 2 is 2.24 bits per heavy atom. The summed E-state index contributed by atoms with van der Waals surface area (Å²) in [5.74, 6) is 0.117. The van der Waals surface area contributed by atoms with Crippen LogP contribution in [-0.2, 0) is 6.54 Å². The molecule has 0 aliphatic carbocycles. The molecule has 2 aromatic rings. The van der Waals surface area contributed by atoms with Gasteiger partial charge in [-0.05, 0) is 43.5 Å². The van der Waals surface area contributed by atoms with Gasteiger partial charge >= 0.3 is 5.76 Å². The lowest BCUT2D eigenvalue weighted by Gasteiger charge is -2.10. The third-order valence-electron chi connectivity index (χ3n) is 3.18. The number of nitrogens with two attached hydrogens (primary N) is 1. The van der Waals surface area contributed by atoms with Gasteiger partial charge in [-0.2, -0.15) is 0 Å². The number of hydrogen-bond acceptors (Lipinski definition) is 3. The molecule has 1 unspecified atom stereocenters. The zero-order valence-electron chi connectivity index (χ0n) is 10.3. The van der Waals surface area contributed by atoms with Crippen LogP contribution in [0.4, 0.5) is 0 Å². The van der Waals surface area contributed by atoms with E-state index < -0.39 is 0 Å². The monoisotopic (exact) mass is 234 g/mol. The summed E-state index contributed by atoms with van der Waals surface area (Å²) in [6.45, 7) is 5.38. The van der Waals surface area contributed by atoms with Crippen LogP contribution in [0.15, 0.2) is 27.4 Å². The second kappa shape index (κ2) is 4.75. The van der Waals surface area contributed by atoms with Crippen LogP contribution < -0.4 is 11.5 Å². The summed E-state index contributed by atoms with van der Waals surface area (Å²) in [6, 6.07) is 5.90. The fourth-order valence-corrected chi connectivity index (χ4v) is 2.10. The molecule has 0 fully saturated rings. The van der Waals surface area contributed by atoms with E-state index in [-0.39, 0.29) is 5.76 Å². The molecule has 1 aromatic heterocycles. The van der Waals surface area contributed by atoms with Gasteiger partial charge in [0.05, 0.1) is 5.52 Å². The van der Waals surface area contributed by atoms with Crippen LogP contribution in [0.25, 0.3) is 11.1 Å². The molecule has 1 aromatic carbocycles. The average Bonchev–Trinajstić information content (AvgIpc) is 2.63. The normalized spacial score (nSPS) is 13.1. The number of aryl methyl sites for hydroxylation is 1. The Hall–Kier alpha value is -1.55. The van der Waals surface area contributed by atoms with Crippen molar-refractivity contribution >= 4 is 11.1 Å². The molecule has 1 atom stereocenters. The SMILES string of the molecule is CCn1c(=O)oc2ccc(C(C)CCN)cc21. The molecule has 0 aliphatic heterocycles. The van der Waals surface area contributed by atoms with Crippen LogP contribution >= 0.6 is 0 Å². The molecule has 2 N–H and O–H groups in total. The molecular formula is C13H18N2O2. The predicted octanol–water partition coefficient (Wildman–Crippen LogP) is 2.07. The Labute approximate surface area is 100 Å². The van der Waals surface area contributed by atoms with Gasteiger partial charge < -0.3 is 10.2 Å². The maximum Gasteiger partial charge on any atom is 0.419 e. The third kappa shape index (κ3) is 2.13. The summed E-state index contributed by atoms with van der Waals surface area (Å²) >= 11 is 0. The van der Waals surface area contributed by atoms with Crippen molar-refractivity contribution in [1.29, 1.82) is 0 Å². The van der Waals surface area contributed by atoms with E-state index in [0.29, 0.717) is 24.6 Å². The number of rotatable bonds is 4. The quantitative estimate of drug-likeness (QED) is 0.880. The van der Waals surface area contributed by atoms with E-state index in [1.54, 1.807) is 4.57 Å². The van der Waals surface area contributed by atoms with Crippen molar-refractivity contribution in [3.8, 4) is 0 Å². The Balaban J connectivity index is 2.52. The molecule has 2 rings (SSSR count). The molecule has 1 heterocycles. The lowest BCUT2D eigenvalue weighted by Crippen LogP contribution is -2.12. The van der Waals surface area contributed by atoms with Crippen LogP contribution in [0.1, 0.15) is 31.7 Å². The van der Waals surface area contributed by atoms with Crippen molar-refractivity contribution in [2.45, 2.75) is 32.7 Å². The second-order valence-corrected chi connectivity index (χ2v) is 4.32. The summed E-state index contributed by atoms with van der Waals surface area (Å²) in [4.78, 5) is 11.6. The highest BCUT2D eigenvalue weighted by Gasteiger charge is 2.11. The van der Waals surface area contributed by atoms with E-state index in [0.717, 1.165) is 11.9 Å². The summed E-state index contributed by atoms with van der Waals surface area (Å²) in [5.41, 5.74) is 8.29. The van der Waals surface area contributed by atoms with Crippen molar-refractivity contribution in [1.82, 2.24) is 4.57 Å². The molecule has 0 bridgehead atoms. The lowest BCUT2D eigenvalue weighted by atomic mass is 9.97. The fraction of sp³-hybridized carbons (Fsp3) is 0.462. The minimum absolute atomic E-state index is 0.286. The van der Waals surface area contributed by atoms with Gasteiger partial charge in [-0.25, -0.2) is 4.79 Å². The molecular weight excluding hydrogens is 216 g/mol. The van der Waals surface area contributed by atoms with Gasteiger partial charge in [0.1, 0.15) is 0 Å². The van der Waals surface area contributed by atoms with E-state index in [1.165, 1.54) is 5.56 Å². The van der Waals surface area contributed by atoms with E-state index in [4.69, 9.17) is 10.2 Å². The maximum atomic E-state index is 11.6. The molecule has 4 heteroatoms. The molecule has 0 radical (unpaired) electrons. The molecule has 92 valence electrons. The van der Waals surface area contributed by atoms with Crippen LogP contribution in [0.2, 0.25) is 0 Å². The van der Waals surface area contributed by atoms with E-state index >= 15 is 0 Å². The Bertz CT molecular complexity index is 568. The Morgan fingerprint density at radius 3 is 2.88 bits per heavy atom. The van der Waals surface area contributed by atoms with Gasteiger partial charge in [0.2, 0.25) is 0 Å². The Kier molecular flexibility index (Phi) is 3.33. The number of benzene rings is 1. The van der Waals surface area contributed by atoms with Gasteiger partial charge in [-0.1, -0.05) is 13.0 Å². The number of fused-ring (bicyclic) bond motifs is 1. The predicted molar refractivity (Wildman–Crippen MR) is 68.2 cm³/mol. The van der Waals surface area contributed by atoms with Crippen molar-refractivity contribution in [3.63, 3.8) is 0 Å². The topological polar surface area (TPSA) is 61.2 Å². The fourth-order valence-electron chi connectivity index (χ4n) is 2.10. The summed E-state index contributed by atoms with van der Waals surface area (Å²) in [6.07, 6.45) is 0.944. The zero-order chi connectivity index (χ0) is 12.4. The Morgan fingerprint density at radius 1 is 1.47 bits per heavy atom. The summed E-state index contributed by atoms with van der Waals surface area (Å²) in [5, 5.41) is 0. The first kappa shape index (κ1) is 11.9. The highest BCUT2D eigenvalue weighted by atomic mass is 16.4. The first-order chi connectivity index (χ1) is 8.17. The van der Waals surface area contributed by atoms with Gasteiger partial charge in [0.15, 0.2) is 5.58 Å².